The van der Waals surface area contributed by atoms with Crippen molar-refractivity contribution in [2.75, 3.05) is 13.7 Å². The summed E-state index contributed by atoms with van der Waals surface area (Å²) in [4.78, 5) is 22.2. The molecule has 0 aliphatic rings. The maximum atomic E-state index is 11.8. The Morgan fingerprint density at radius 1 is 1.35 bits per heavy atom. The van der Waals surface area contributed by atoms with Gasteiger partial charge in [0.25, 0.3) is 5.91 Å². The van der Waals surface area contributed by atoms with Crippen molar-refractivity contribution in [2.45, 2.75) is 6.92 Å². The van der Waals surface area contributed by atoms with Crippen molar-refractivity contribution in [3.8, 4) is 17.2 Å². The average Bonchev–Trinajstić information content (AvgIpc) is 2.62. The summed E-state index contributed by atoms with van der Waals surface area (Å²) in [5.74, 6) is -0.135. The van der Waals surface area contributed by atoms with Crippen molar-refractivity contribution in [2.24, 2.45) is 5.10 Å². The van der Waals surface area contributed by atoms with E-state index in [0.717, 1.165) is 0 Å². The van der Waals surface area contributed by atoms with E-state index in [9.17, 15) is 20.0 Å². The van der Waals surface area contributed by atoms with Crippen LogP contribution in [0.1, 0.15) is 11.1 Å². The number of hydrogen-bond donors (Lipinski definition) is 2. The second kappa shape index (κ2) is 8.47. The minimum Gasteiger partial charge on any atom is -0.507 e. The average molecular weight is 359 g/mol. The van der Waals surface area contributed by atoms with Gasteiger partial charge >= 0.3 is 5.69 Å². The molecule has 2 aromatic rings. The first kappa shape index (κ1) is 18.7. The molecule has 2 rings (SSSR count). The summed E-state index contributed by atoms with van der Waals surface area (Å²) in [7, 11) is 1.48. The van der Waals surface area contributed by atoms with E-state index in [1.165, 1.54) is 37.6 Å². The highest BCUT2D eigenvalue weighted by molar-refractivity contribution is 5.86. The number of nitro benzene ring substituents is 1. The van der Waals surface area contributed by atoms with Gasteiger partial charge < -0.3 is 14.6 Å². The van der Waals surface area contributed by atoms with E-state index in [0.29, 0.717) is 16.9 Å². The van der Waals surface area contributed by atoms with Crippen molar-refractivity contribution in [3.05, 3.63) is 57.6 Å². The first-order chi connectivity index (χ1) is 12.4. The van der Waals surface area contributed by atoms with E-state index in [4.69, 9.17) is 9.47 Å². The quantitative estimate of drug-likeness (QED) is 0.443. The molecule has 1 amide bonds. The van der Waals surface area contributed by atoms with Crippen molar-refractivity contribution < 1.29 is 24.3 Å². The number of nitrogens with one attached hydrogen (secondary N) is 1. The number of nitro groups is 1. The van der Waals surface area contributed by atoms with Gasteiger partial charge in [-0.15, -0.1) is 0 Å². The van der Waals surface area contributed by atoms with Crippen LogP contribution >= 0.6 is 0 Å². The lowest BCUT2D eigenvalue weighted by Crippen LogP contribution is -2.24. The number of ether oxygens (including phenoxy) is 2. The lowest BCUT2D eigenvalue weighted by molar-refractivity contribution is -0.385. The summed E-state index contributed by atoms with van der Waals surface area (Å²) in [5.41, 5.74) is 3.04. The highest BCUT2D eigenvalue weighted by Crippen LogP contribution is 2.27. The number of hydrazone groups is 1. The summed E-state index contributed by atoms with van der Waals surface area (Å²) in [5, 5.41) is 24.4. The number of benzene rings is 2. The fraction of sp³-hybridized carbons (Fsp3) is 0.176. The third-order valence-corrected chi connectivity index (χ3v) is 3.30. The van der Waals surface area contributed by atoms with Crippen LogP contribution in [0.15, 0.2) is 41.5 Å². The lowest BCUT2D eigenvalue weighted by Gasteiger charge is -2.06. The van der Waals surface area contributed by atoms with Crippen LogP contribution in [0.5, 0.6) is 17.2 Å². The highest BCUT2D eigenvalue weighted by atomic mass is 16.6. The predicted molar refractivity (Wildman–Crippen MR) is 93.7 cm³/mol. The summed E-state index contributed by atoms with van der Waals surface area (Å²) >= 11 is 0. The molecule has 136 valence electrons. The SMILES string of the molecule is COc1ccc(O)c(C=NNC(=O)COc2ccc(C)cc2[N+](=O)[O-])c1. The molecule has 2 aromatic carbocycles. The number of phenols is 1. The Kier molecular flexibility index (Phi) is 6.10. The molecule has 2 N–H and O–H groups in total. The zero-order chi connectivity index (χ0) is 19.1. The van der Waals surface area contributed by atoms with Crippen LogP contribution in [0.4, 0.5) is 5.69 Å². The molecule has 0 radical (unpaired) electrons. The Bertz CT molecular complexity index is 850. The number of carbonyl (C=O) groups excluding carboxylic acids is 1. The number of phenolic OH excluding ortho intramolecular Hbond substituents is 1. The summed E-state index contributed by atoms with van der Waals surface area (Å²) < 4.78 is 10.2. The number of rotatable bonds is 7. The van der Waals surface area contributed by atoms with E-state index in [1.807, 2.05) is 0 Å². The zero-order valence-electron chi connectivity index (χ0n) is 14.1. The van der Waals surface area contributed by atoms with E-state index in [1.54, 1.807) is 19.1 Å². The number of hydrogen-bond acceptors (Lipinski definition) is 7. The van der Waals surface area contributed by atoms with Gasteiger partial charge in [0.15, 0.2) is 12.4 Å². The fourth-order valence-electron chi connectivity index (χ4n) is 2.00. The van der Waals surface area contributed by atoms with E-state index < -0.39 is 17.4 Å². The van der Waals surface area contributed by atoms with Crippen molar-refractivity contribution in [1.82, 2.24) is 5.43 Å². The van der Waals surface area contributed by atoms with Gasteiger partial charge in [-0.3, -0.25) is 14.9 Å². The van der Waals surface area contributed by atoms with Crippen LogP contribution < -0.4 is 14.9 Å². The van der Waals surface area contributed by atoms with Crippen LogP contribution in [0, 0.1) is 17.0 Å². The molecule has 0 heterocycles. The molecule has 0 unspecified atom stereocenters. The van der Waals surface area contributed by atoms with Crippen LogP contribution in [0.3, 0.4) is 0 Å². The molecule has 0 atom stereocenters. The lowest BCUT2D eigenvalue weighted by atomic mass is 10.2. The number of aromatic hydroxyl groups is 1. The monoisotopic (exact) mass is 359 g/mol. The van der Waals surface area contributed by atoms with E-state index in [-0.39, 0.29) is 17.2 Å². The minimum atomic E-state index is -0.612. The van der Waals surface area contributed by atoms with Crippen molar-refractivity contribution in [1.29, 1.82) is 0 Å². The molecule has 9 heteroatoms. The number of carbonyl (C=O) groups is 1. The van der Waals surface area contributed by atoms with Gasteiger partial charge in [0, 0.05) is 11.6 Å². The number of amides is 1. The second-order valence-corrected chi connectivity index (χ2v) is 5.23. The molecule has 26 heavy (non-hydrogen) atoms. The van der Waals surface area contributed by atoms with Crippen LogP contribution in [0.25, 0.3) is 0 Å². The Morgan fingerprint density at radius 2 is 2.12 bits per heavy atom. The van der Waals surface area contributed by atoms with E-state index >= 15 is 0 Å². The summed E-state index contributed by atoms with van der Waals surface area (Å²) in [6.07, 6.45) is 1.24. The first-order valence-electron chi connectivity index (χ1n) is 7.47. The summed E-state index contributed by atoms with van der Waals surface area (Å²) in [6.45, 7) is 1.26. The van der Waals surface area contributed by atoms with Crippen LogP contribution in [-0.2, 0) is 4.79 Å². The largest absolute Gasteiger partial charge is 0.507 e. The molecule has 0 aliphatic carbocycles. The van der Waals surface area contributed by atoms with Gasteiger partial charge in [-0.2, -0.15) is 5.10 Å². The molecule has 9 nitrogen and oxygen atoms in total. The van der Waals surface area contributed by atoms with Gasteiger partial charge in [-0.1, -0.05) is 6.07 Å². The number of nitrogens with zero attached hydrogens (tertiary/aromatic N) is 2. The van der Waals surface area contributed by atoms with Crippen molar-refractivity contribution in [3.63, 3.8) is 0 Å². The second-order valence-electron chi connectivity index (χ2n) is 5.23. The van der Waals surface area contributed by atoms with Crippen LogP contribution in [-0.4, -0.2) is 35.9 Å². The maximum absolute atomic E-state index is 11.8. The summed E-state index contributed by atoms with van der Waals surface area (Å²) in [6, 6.07) is 8.98. The van der Waals surface area contributed by atoms with Gasteiger partial charge in [-0.05, 0) is 36.8 Å². The van der Waals surface area contributed by atoms with E-state index in [2.05, 4.69) is 10.5 Å². The highest BCUT2D eigenvalue weighted by Gasteiger charge is 2.16. The molecule has 0 aromatic heterocycles. The number of aryl methyl sites for hydroxylation is 1. The van der Waals surface area contributed by atoms with Gasteiger partial charge in [-0.25, -0.2) is 5.43 Å². The zero-order valence-corrected chi connectivity index (χ0v) is 14.1. The number of methoxy groups -OCH3 is 1. The minimum absolute atomic E-state index is 0.00910. The molecular weight excluding hydrogens is 342 g/mol. The normalized spacial score (nSPS) is 10.5. The van der Waals surface area contributed by atoms with Gasteiger partial charge in [0.1, 0.15) is 11.5 Å². The molecule has 0 saturated heterocycles. The van der Waals surface area contributed by atoms with Crippen molar-refractivity contribution >= 4 is 17.8 Å². The predicted octanol–water partition coefficient (Wildman–Crippen LogP) is 2.15. The Labute approximate surface area is 149 Å². The molecule has 0 saturated carbocycles. The fourth-order valence-corrected chi connectivity index (χ4v) is 2.00. The van der Waals surface area contributed by atoms with Gasteiger partial charge in [0.05, 0.1) is 18.2 Å². The molecule has 0 aliphatic heterocycles. The topological polar surface area (TPSA) is 123 Å². The molecular formula is C17H17N3O6. The Morgan fingerprint density at radius 3 is 2.81 bits per heavy atom. The standard InChI is InChI=1S/C17H17N3O6/c1-11-3-6-16(14(7-11)20(23)24)26-10-17(22)19-18-9-12-8-13(25-2)4-5-15(12)21/h3-9,21H,10H2,1-2H3,(H,19,22). The maximum Gasteiger partial charge on any atom is 0.311 e. The molecule has 0 bridgehead atoms. The Balaban J connectivity index is 1.95. The smallest absolute Gasteiger partial charge is 0.311 e. The van der Waals surface area contributed by atoms with Gasteiger partial charge in [0.2, 0.25) is 0 Å². The Hall–Kier alpha value is -3.62. The third kappa shape index (κ3) is 4.94. The third-order valence-electron chi connectivity index (χ3n) is 3.30. The van der Waals surface area contributed by atoms with Crippen LogP contribution in [0.2, 0.25) is 0 Å². The molecule has 0 spiro atoms. The first-order valence-corrected chi connectivity index (χ1v) is 7.47. The molecule has 0 fully saturated rings.